The van der Waals surface area contributed by atoms with Crippen molar-refractivity contribution in [3.05, 3.63) is 131 Å². The maximum absolute atomic E-state index is 14.9. The number of halogens is 1. The van der Waals surface area contributed by atoms with E-state index in [-0.39, 0.29) is 23.4 Å². The number of carbonyl (C=O) groups excluding carboxylic acids is 2. The molecule has 1 atom stereocenters. The monoisotopic (exact) mass is 601 g/mol. The number of nitrogens with zero attached hydrogens (tertiary/aromatic N) is 2. The maximum atomic E-state index is 14.9. The third kappa shape index (κ3) is 7.48. The van der Waals surface area contributed by atoms with E-state index in [9.17, 15) is 22.4 Å². The number of nitrogens with one attached hydrogen (secondary N) is 1. The van der Waals surface area contributed by atoms with Crippen LogP contribution in [0.4, 0.5) is 10.1 Å². The molecule has 1 N–H and O–H groups in total. The molecule has 4 aromatic rings. The molecule has 0 aliphatic carbocycles. The molecule has 4 aromatic carbocycles. The minimum Gasteiger partial charge on any atom is -0.357 e. The highest BCUT2D eigenvalue weighted by Crippen LogP contribution is 2.29. The fraction of sp³-hybridized carbons (Fsp3) is 0.235. The molecule has 224 valence electrons. The van der Waals surface area contributed by atoms with E-state index in [1.807, 2.05) is 50.2 Å². The largest absolute Gasteiger partial charge is 0.357 e. The van der Waals surface area contributed by atoms with Gasteiger partial charge in [0.15, 0.2) is 0 Å². The standard InChI is InChI=1S/C34H36FN3O4S/c1-24-15-18-29(19-16-24)43(41,42)38(31-20-25(2)14-17-26(31)3)23-33(39)37(22-28-12-8-9-13-30(28)35)32(34(40)36-4)21-27-10-6-5-7-11-27/h5-20,32H,21-23H2,1-4H3,(H,36,40)/t32-/m0/s1. The van der Waals surface area contributed by atoms with Crippen molar-refractivity contribution in [2.24, 2.45) is 0 Å². The molecule has 43 heavy (non-hydrogen) atoms. The zero-order valence-corrected chi connectivity index (χ0v) is 25.6. The molecule has 7 nitrogen and oxygen atoms in total. The van der Waals surface area contributed by atoms with Crippen LogP contribution in [0.2, 0.25) is 0 Å². The Morgan fingerprint density at radius 3 is 2.12 bits per heavy atom. The summed E-state index contributed by atoms with van der Waals surface area (Å²) in [6.07, 6.45) is 0.148. The highest BCUT2D eigenvalue weighted by atomic mass is 32.2. The average molecular weight is 602 g/mol. The Bertz CT molecular complexity index is 1690. The Morgan fingerprint density at radius 2 is 1.47 bits per heavy atom. The molecule has 0 bridgehead atoms. The van der Waals surface area contributed by atoms with Gasteiger partial charge in [-0.3, -0.25) is 13.9 Å². The molecule has 0 unspecified atom stereocenters. The molecule has 0 fully saturated rings. The topological polar surface area (TPSA) is 86.8 Å². The van der Waals surface area contributed by atoms with Crippen molar-refractivity contribution in [1.29, 1.82) is 0 Å². The van der Waals surface area contributed by atoms with E-state index in [1.54, 1.807) is 49.4 Å². The van der Waals surface area contributed by atoms with Gasteiger partial charge >= 0.3 is 0 Å². The first-order valence-corrected chi connectivity index (χ1v) is 15.4. The van der Waals surface area contributed by atoms with Gasteiger partial charge in [0.2, 0.25) is 11.8 Å². The van der Waals surface area contributed by atoms with Crippen molar-refractivity contribution in [2.75, 3.05) is 17.9 Å². The van der Waals surface area contributed by atoms with Crippen LogP contribution in [0.5, 0.6) is 0 Å². The first kappa shape index (κ1) is 31.4. The Kier molecular flexibility index (Phi) is 9.98. The van der Waals surface area contributed by atoms with Gasteiger partial charge in [0.05, 0.1) is 10.6 Å². The third-order valence-electron chi connectivity index (χ3n) is 7.34. The van der Waals surface area contributed by atoms with Gasteiger partial charge in [-0.05, 0) is 61.7 Å². The first-order chi connectivity index (χ1) is 20.5. The number of likely N-dealkylation sites (N-methyl/N-ethyl adjacent to an activating group) is 1. The molecule has 0 saturated carbocycles. The third-order valence-corrected chi connectivity index (χ3v) is 9.11. The summed E-state index contributed by atoms with van der Waals surface area (Å²) in [6, 6.07) is 26.0. The van der Waals surface area contributed by atoms with Crippen molar-refractivity contribution in [3.63, 3.8) is 0 Å². The van der Waals surface area contributed by atoms with Crippen LogP contribution in [0.25, 0.3) is 0 Å². The van der Waals surface area contributed by atoms with Crippen molar-refractivity contribution in [2.45, 2.75) is 44.7 Å². The van der Waals surface area contributed by atoms with Gasteiger partial charge in [-0.25, -0.2) is 12.8 Å². The van der Waals surface area contributed by atoms with Gasteiger partial charge in [0, 0.05) is 25.6 Å². The molecule has 0 aliphatic heterocycles. The molecule has 0 heterocycles. The molecule has 0 aromatic heterocycles. The number of aryl methyl sites for hydroxylation is 3. The van der Waals surface area contributed by atoms with E-state index in [0.29, 0.717) is 11.3 Å². The average Bonchev–Trinajstić information content (AvgIpc) is 3.00. The lowest BCUT2D eigenvalue weighted by Gasteiger charge is -2.34. The van der Waals surface area contributed by atoms with Crippen LogP contribution < -0.4 is 9.62 Å². The SMILES string of the molecule is CNC(=O)[C@H](Cc1ccccc1)N(Cc1ccccc1F)C(=O)CN(c1cc(C)ccc1C)S(=O)(=O)c1ccc(C)cc1. The van der Waals surface area contributed by atoms with Crippen LogP contribution in [0.1, 0.15) is 27.8 Å². The predicted molar refractivity (Wildman–Crippen MR) is 167 cm³/mol. The van der Waals surface area contributed by atoms with Gasteiger partial charge in [-0.2, -0.15) is 0 Å². The van der Waals surface area contributed by atoms with Crippen molar-refractivity contribution in [3.8, 4) is 0 Å². The van der Waals surface area contributed by atoms with Crippen LogP contribution in [-0.4, -0.2) is 44.8 Å². The van der Waals surface area contributed by atoms with Gasteiger partial charge in [-0.1, -0.05) is 78.4 Å². The fourth-order valence-corrected chi connectivity index (χ4v) is 6.34. The summed E-state index contributed by atoms with van der Waals surface area (Å²) in [7, 11) is -2.75. The quantitative estimate of drug-likeness (QED) is 0.252. The highest BCUT2D eigenvalue weighted by Gasteiger charge is 2.35. The molecule has 9 heteroatoms. The van der Waals surface area contributed by atoms with Crippen LogP contribution in [0.3, 0.4) is 0 Å². The van der Waals surface area contributed by atoms with Gasteiger partial charge < -0.3 is 10.2 Å². The van der Waals surface area contributed by atoms with E-state index >= 15 is 0 Å². The molecule has 0 spiro atoms. The number of hydrogen-bond donors (Lipinski definition) is 1. The highest BCUT2D eigenvalue weighted by molar-refractivity contribution is 7.92. The van der Waals surface area contributed by atoms with Crippen LogP contribution in [0.15, 0.2) is 102 Å². The molecular formula is C34H36FN3O4S. The van der Waals surface area contributed by atoms with E-state index < -0.39 is 40.2 Å². The predicted octanol–water partition coefficient (Wildman–Crippen LogP) is 5.33. The molecule has 0 aliphatic rings. The maximum Gasteiger partial charge on any atom is 0.264 e. The van der Waals surface area contributed by atoms with Crippen LogP contribution in [0, 0.1) is 26.6 Å². The Morgan fingerprint density at radius 1 is 0.837 bits per heavy atom. The normalized spacial score (nSPS) is 11.9. The zero-order chi connectivity index (χ0) is 31.1. The number of hydrogen-bond acceptors (Lipinski definition) is 4. The fourth-order valence-electron chi connectivity index (χ4n) is 4.87. The smallest absolute Gasteiger partial charge is 0.264 e. The van der Waals surface area contributed by atoms with Gasteiger partial charge in [0.1, 0.15) is 18.4 Å². The summed E-state index contributed by atoms with van der Waals surface area (Å²) in [5.74, 6) is -1.63. The first-order valence-electron chi connectivity index (χ1n) is 14.0. The lowest BCUT2D eigenvalue weighted by molar-refractivity contribution is -0.139. The number of anilines is 1. The second-order valence-electron chi connectivity index (χ2n) is 10.5. The van der Waals surface area contributed by atoms with E-state index in [0.717, 1.165) is 21.0 Å². The van der Waals surface area contributed by atoms with E-state index in [1.165, 1.54) is 30.1 Å². The summed E-state index contributed by atoms with van der Waals surface area (Å²) in [5.41, 5.74) is 3.70. The Hall–Kier alpha value is -4.50. The summed E-state index contributed by atoms with van der Waals surface area (Å²) in [5, 5.41) is 2.63. The summed E-state index contributed by atoms with van der Waals surface area (Å²) >= 11 is 0. The molecule has 0 radical (unpaired) electrons. The van der Waals surface area contributed by atoms with Crippen LogP contribution in [-0.2, 0) is 32.6 Å². The lowest BCUT2D eigenvalue weighted by Crippen LogP contribution is -2.53. The van der Waals surface area contributed by atoms with E-state index in [4.69, 9.17) is 0 Å². The van der Waals surface area contributed by atoms with Gasteiger partial charge in [0.25, 0.3) is 10.0 Å². The summed E-state index contributed by atoms with van der Waals surface area (Å²) in [4.78, 5) is 29.0. The number of rotatable bonds is 11. The molecule has 4 rings (SSSR count). The Balaban J connectivity index is 1.83. The van der Waals surface area contributed by atoms with E-state index in [2.05, 4.69) is 5.32 Å². The summed E-state index contributed by atoms with van der Waals surface area (Å²) < 4.78 is 44.3. The number of sulfonamides is 1. The second kappa shape index (κ2) is 13.6. The lowest BCUT2D eigenvalue weighted by atomic mass is 10.0. The van der Waals surface area contributed by atoms with Crippen molar-refractivity contribution < 1.29 is 22.4 Å². The molecular weight excluding hydrogens is 565 g/mol. The minimum atomic E-state index is -4.22. The van der Waals surface area contributed by atoms with Crippen LogP contribution >= 0.6 is 0 Å². The molecule has 0 saturated heterocycles. The zero-order valence-electron chi connectivity index (χ0n) is 24.7. The Labute approximate surface area is 253 Å². The van der Waals surface area contributed by atoms with Crippen molar-refractivity contribution >= 4 is 27.5 Å². The summed E-state index contributed by atoms with van der Waals surface area (Å²) in [6.45, 7) is 4.64. The van der Waals surface area contributed by atoms with Crippen molar-refractivity contribution in [1.82, 2.24) is 10.2 Å². The second-order valence-corrected chi connectivity index (χ2v) is 12.4. The number of benzene rings is 4. The number of amides is 2. The minimum absolute atomic E-state index is 0.0274. The van der Waals surface area contributed by atoms with Gasteiger partial charge in [-0.15, -0.1) is 0 Å². The number of carbonyl (C=O) groups is 2. The molecule has 2 amide bonds.